The second-order valence-electron chi connectivity index (χ2n) is 12.2. The first-order valence-electron chi connectivity index (χ1n) is 15.1. The third-order valence-electron chi connectivity index (χ3n) is 6.66. The van der Waals surface area contributed by atoms with Crippen molar-refractivity contribution in [2.24, 2.45) is 5.73 Å². The molecule has 41 heavy (non-hydrogen) atoms. The number of nitrogens with two attached hydrogens (primary N) is 1. The topological polar surface area (TPSA) is 131 Å². The molecule has 1 rings (SSSR count). The number of alkyl carbamates (subject to hydrolysis) is 1. The summed E-state index contributed by atoms with van der Waals surface area (Å²) in [5, 5.41) is 5.63. The second-order valence-corrected chi connectivity index (χ2v) is 12.2. The van der Waals surface area contributed by atoms with Crippen LogP contribution in [0.4, 0.5) is 4.79 Å². The number of nitrogens with zero attached hydrogens (tertiary/aromatic N) is 1. The van der Waals surface area contributed by atoms with E-state index in [4.69, 9.17) is 10.5 Å². The van der Waals surface area contributed by atoms with Crippen molar-refractivity contribution in [3.05, 3.63) is 34.9 Å². The van der Waals surface area contributed by atoms with Crippen LogP contribution in [0.15, 0.2) is 18.2 Å². The molecule has 3 unspecified atom stereocenters. The third-order valence-corrected chi connectivity index (χ3v) is 6.66. The van der Waals surface area contributed by atoms with E-state index in [1.807, 2.05) is 39.0 Å². The number of nitrogens with one attached hydrogen (secondary N) is 2. The average molecular weight is 575 g/mol. The Hall–Kier alpha value is -3.10. The second kappa shape index (κ2) is 17.7. The van der Waals surface area contributed by atoms with Crippen LogP contribution >= 0.6 is 0 Å². The first-order valence-corrected chi connectivity index (χ1v) is 15.1. The normalized spacial score (nSPS) is 13.6. The SMILES string of the molecule is CCCCCCCCN(C(=O)C(CC(N)=O)NC(=O)OC(C)(C)C)C(C(=O)NC(C)CCC)c1cc(C)cc(C)c1. The van der Waals surface area contributed by atoms with E-state index < -0.39 is 42.0 Å². The van der Waals surface area contributed by atoms with Gasteiger partial charge in [-0.05, 0) is 59.9 Å². The molecule has 4 N–H and O–H groups in total. The maximum absolute atomic E-state index is 14.2. The number of hydrogen-bond acceptors (Lipinski definition) is 5. The Morgan fingerprint density at radius 3 is 2.02 bits per heavy atom. The average Bonchev–Trinajstić information content (AvgIpc) is 2.82. The van der Waals surface area contributed by atoms with Gasteiger partial charge < -0.3 is 26.0 Å². The number of hydrogen-bond donors (Lipinski definition) is 3. The van der Waals surface area contributed by atoms with Crippen molar-refractivity contribution in [2.45, 2.75) is 137 Å². The minimum Gasteiger partial charge on any atom is -0.444 e. The molecule has 0 heterocycles. The van der Waals surface area contributed by atoms with Crippen molar-refractivity contribution in [1.82, 2.24) is 15.5 Å². The molecule has 1 aromatic rings. The molecule has 9 nitrogen and oxygen atoms in total. The van der Waals surface area contributed by atoms with E-state index in [0.29, 0.717) is 12.0 Å². The molecule has 1 aromatic carbocycles. The highest BCUT2D eigenvalue weighted by atomic mass is 16.6. The zero-order valence-corrected chi connectivity index (χ0v) is 26.6. The van der Waals surface area contributed by atoms with E-state index in [1.54, 1.807) is 20.8 Å². The third kappa shape index (κ3) is 13.9. The standard InChI is InChI=1S/C32H54N4O5/c1-9-11-12-13-14-15-17-36(30(39)26(21-27(33)37)35-31(40)41-32(6,7)8)28(29(38)34-24(5)16-10-2)25-19-22(3)18-23(4)20-25/h18-20,24,26,28H,9-17,21H2,1-8H3,(H2,33,37)(H,34,38)(H,35,40). The summed E-state index contributed by atoms with van der Waals surface area (Å²) in [7, 11) is 0. The predicted molar refractivity (Wildman–Crippen MR) is 163 cm³/mol. The van der Waals surface area contributed by atoms with Gasteiger partial charge in [0.05, 0.1) is 6.42 Å². The number of unbranched alkanes of at least 4 members (excludes halogenated alkanes) is 5. The zero-order chi connectivity index (χ0) is 31.2. The molecule has 0 bridgehead atoms. The summed E-state index contributed by atoms with van der Waals surface area (Å²) < 4.78 is 5.37. The Morgan fingerprint density at radius 1 is 0.902 bits per heavy atom. The lowest BCUT2D eigenvalue weighted by Gasteiger charge is -2.35. The lowest BCUT2D eigenvalue weighted by atomic mass is 9.97. The summed E-state index contributed by atoms with van der Waals surface area (Å²) in [5.41, 5.74) is 7.31. The van der Waals surface area contributed by atoms with Crippen molar-refractivity contribution >= 4 is 23.8 Å². The maximum atomic E-state index is 14.2. The summed E-state index contributed by atoms with van der Waals surface area (Å²) in [4.78, 5) is 54.3. The Morgan fingerprint density at radius 2 is 1.49 bits per heavy atom. The fourth-order valence-corrected chi connectivity index (χ4v) is 4.95. The molecule has 3 atom stereocenters. The Balaban J connectivity index is 3.55. The van der Waals surface area contributed by atoms with Gasteiger partial charge in [-0.1, -0.05) is 81.7 Å². The van der Waals surface area contributed by atoms with Crippen molar-refractivity contribution in [2.75, 3.05) is 6.54 Å². The van der Waals surface area contributed by atoms with Crippen molar-refractivity contribution in [1.29, 1.82) is 0 Å². The van der Waals surface area contributed by atoms with Gasteiger partial charge in [-0.25, -0.2) is 4.79 Å². The highest BCUT2D eigenvalue weighted by molar-refractivity contribution is 5.94. The maximum Gasteiger partial charge on any atom is 0.408 e. The van der Waals surface area contributed by atoms with Gasteiger partial charge in [0.1, 0.15) is 17.7 Å². The first-order chi connectivity index (χ1) is 19.2. The first kappa shape index (κ1) is 35.9. The summed E-state index contributed by atoms with van der Waals surface area (Å²) >= 11 is 0. The molecule has 0 aliphatic rings. The molecule has 0 saturated carbocycles. The van der Waals surface area contributed by atoms with Crippen molar-refractivity contribution in [3.8, 4) is 0 Å². The number of carbonyl (C=O) groups is 4. The number of aryl methyl sites for hydroxylation is 2. The number of primary amides is 1. The van der Waals surface area contributed by atoms with Gasteiger partial charge in [0.15, 0.2) is 0 Å². The van der Waals surface area contributed by atoms with Crippen LogP contribution in [0.3, 0.4) is 0 Å². The van der Waals surface area contributed by atoms with Crippen molar-refractivity contribution < 1.29 is 23.9 Å². The fourth-order valence-electron chi connectivity index (χ4n) is 4.95. The van der Waals surface area contributed by atoms with Gasteiger partial charge in [-0.2, -0.15) is 0 Å². The van der Waals surface area contributed by atoms with E-state index in [-0.39, 0.29) is 18.5 Å². The Labute approximate surface area is 247 Å². The van der Waals surface area contributed by atoms with E-state index in [1.165, 1.54) is 4.90 Å². The minimum absolute atomic E-state index is 0.0896. The van der Waals surface area contributed by atoms with Crippen molar-refractivity contribution in [3.63, 3.8) is 0 Å². The fraction of sp³-hybridized carbons (Fsp3) is 0.688. The molecule has 4 amide bonds. The molecule has 232 valence electrons. The Kier molecular flexibility index (Phi) is 15.5. The van der Waals surface area contributed by atoms with E-state index in [2.05, 4.69) is 24.5 Å². The van der Waals surface area contributed by atoms with Crippen LogP contribution in [0.5, 0.6) is 0 Å². The number of rotatable bonds is 17. The molecule has 0 spiro atoms. The lowest BCUT2D eigenvalue weighted by Crippen LogP contribution is -2.54. The lowest BCUT2D eigenvalue weighted by molar-refractivity contribution is -0.143. The molecule has 0 saturated heterocycles. The van der Waals surface area contributed by atoms with Crippen LogP contribution in [0.1, 0.15) is 122 Å². The van der Waals surface area contributed by atoms with E-state index in [9.17, 15) is 19.2 Å². The highest BCUT2D eigenvalue weighted by Crippen LogP contribution is 2.26. The quantitative estimate of drug-likeness (QED) is 0.208. The van der Waals surface area contributed by atoms with Gasteiger partial charge in [0.2, 0.25) is 17.7 Å². The van der Waals surface area contributed by atoms with Crippen LogP contribution in [-0.2, 0) is 19.1 Å². The summed E-state index contributed by atoms with van der Waals surface area (Å²) in [5.74, 6) is -1.60. The molecular weight excluding hydrogens is 520 g/mol. The van der Waals surface area contributed by atoms with E-state index >= 15 is 0 Å². The van der Waals surface area contributed by atoms with Crippen LogP contribution in [0, 0.1) is 13.8 Å². The van der Waals surface area contributed by atoms with Crippen LogP contribution in [0.2, 0.25) is 0 Å². The molecule has 0 fully saturated rings. The monoisotopic (exact) mass is 574 g/mol. The minimum atomic E-state index is -1.28. The van der Waals surface area contributed by atoms with Gasteiger partial charge in [-0.3, -0.25) is 14.4 Å². The molecule has 0 aromatic heterocycles. The predicted octanol–water partition coefficient (Wildman–Crippen LogP) is 5.61. The molecule has 9 heteroatoms. The number of benzene rings is 1. The summed E-state index contributed by atoms with van der Waals surface area (Å²) in [6, 6.07) is 3.51. The molecule has 0 aliphatic carbocycles. The number of amides is 4. The largest absolute Gasteiger partial charge is 0.444 e. The van der Waals surface area contributed by atoms with Gasteiger partial charge in [-0.15, -0.1) is 0 Å². The summed E-state index contributed by atoms with van der Waals surface area (Å²) in [6.07, 6.45) is 6.39. The highest BCUT2D eigenvalue weighted by Gasteiger charge is 2.37. The van der Waals surface area contributed by atoms with Crippen LogP contribution in [0.25, 0.3) is 0 Å². The van der Waals surface area contributed by atoms with Gasteiger partial charge >= 0.3 is 6.09 Å². The van der Waals surface area contributed by atoms with Crippen LogP contribution in [-0.4, -0.2) is 52.9 Å². The molecular formula is C32H54N4O5. The smallest absolute Gasteiger partial charge is 0.408 e. The van der Waals surface area contributed by atoms with Gasteiger partial charge in [0, 0.05) is 12.6 Å². The summed E-state index contributed by atoms with van der Waals surface area (Å²) in [6.45, 7) is 15.5. The zero-order valence-electron chi connectivity index (χ0n) is 26.6. The van der Waals surface area contributed by atoms with E-state index in [0.717, 1.165) is 56.1 Å². The van der Waals surface area contributed by atoms with Crippen LogP contribution < -0.4 is 16.4 Å². The number of ether oxygens (including phenoxy) is 1. The van der Waals surface area contributed by atoms with Gasteiger partial charge in [0.25, 0.3) is 0 Å². The number of carbonyl (C=O) groups excluding carboxylic acids is 4. The Bertz CT molecular complexity index is 984. The molecule has 0 aliphatic heterocycles. The molecule has 0 radical (unpaired) electrons.